The molecule has 1 nitrogen and oxygen atoms in total. The van der Waals surface area contributed by atoms with Crippen molar-refractivity contribution < 1.29 is 5.11 Å². The van der Waals surface area contributed by atoms with Crippen LogP contribution in [0.15, 0.2) is 36.4 Å². The molecule has 1 N–H and O–H groups in total. The Bertz CT molecular complexity index is 296. The highest BCUT2D eigenvalue weighted by atomic mass is 16.3. The van der Waals surface area contributed by atoms with E-state index in [1.54, 1.807) is 0 Å². The number of allylic oxidation sites excluding steroid dienone is 1. The van der Waals surface area contributed by atoms with E-state index in [2.05, 4.69) is 0 Å². The second kappa shape index (κ2) is 3.65. The van der Waals surface area contributed by atoms with Crippen molar-refractivity contribution in [3.05, 3.63) is 42.0 Å². The quantitative estimate of drug-likeness (QED) is 0.696. The van der Waals surface area contributed by atoms with Crippen LogP contribution in [0.2, 0.25) is 0 Å². The van der Waals surface area contributed by atoms with Gasteiger partial charge >= 0.3 is 0 Å². The summed E-state index contributed by atoms with van der Waals surface area (Å²) in [4.78, 5) is 0. The minimum atomic E-state index is 0.424. The molecule has 0 spiro atoms. The van der Waals surface area contributed by atoms with Crippen molar-refractivity contribution >= 4 is 5.76 Å². The molecule has 1 saturated carbocycles. The Morgan fingerprint density at radius 1 is 1.31 bits per heavy atom. The molecule has 1 aliphatic carbocycles. The summed E-state index contributed by atoms with van der Waals surface area (Å²) in [6.07, 6.45) is 5.63. The molecule has 1 fully saturated rings. The molecule has 0 amide bonds. The lowest BCUT2D eigenvalue weighted by Crippen LogP contribution is -1.82. The van der Waals surface area contributed by atoms with Gasteiger partial charge in [0.15, 0.2) is 0 Å². The molecule has 0 radical (unpaired) electrons. The monoisotopic (exact) mass is 174 g/mol. The molecule has 1 heteroatoms. The zero-order valence-electron chi connectivity index (χ0n) is 7.61. The number of aliphatic hydroxyl groups excluding tert-OH is 1. The zero-order valence-corrected chi connectivity index (χ0v) is 7.61. The minimum absolute atomic E-state index is 0.424. The third kappa shape index (κ3) is 2.35. The second-order valence-electron chi connectivity index (χ2n) is 3.63. The number of hydrogen-bond acceptors (Lipinski definition) is 1. The molecule has 1 aliphatic rings. The molecule has 0 heterocycles. The zero-order chi connectivity index (χ0) is 9.10. The molecule has 0 aliphatic heterocycles. The molecule has 1 aromatic rings. The van der Waals surface area contributed by atoms with Gasteiger partial charge in [-0.3, -0.25) is 0 Å². The average Bonchev–Trinajstić information content (AvgIpc) is 2.99. The summed E-state index contributed by atoms with van der Waals surface area (Å²) in [7, 11) is 0. The van der Waals surface area contributed by atoms with Crippen molar-refractivity contribution in [2.75, 3.05) is 0 Å². The summed E-state index contributed by atoms with van der Waals surface area (Å²) in [5, 5.41) is 9.66. The first-order valence-electron chi connectivity index (χ1n) is 4.81. The van der Waals surface area contributed by atoms with Gasteiger partial charge in [0.25, 0.3) is 0 Å². The van der Waals surface area contributed by atoms with Gasteiger partial charge in [-0.1, -0.05) is 30.3 Å². The van der Waals surface area contributed by atoms with Gasteiger partial charge in [-0.2, -0.15) is 0 Å². The van der Waals surface area contributed by atoms with Gasteiger partial charge in [-0.05, 0) is 31.3 Å². The molecule has 0 unspecified atom stereocenters. The number of aliphatic hydroxyl groups is 1. The van der Waals surface area contributed by atoms with E-state index < -0.39 is 0 Å². The lowest BCUT2D eigenvalue weighted by atomic mass is 10.1. The fourth-order valence-corrected chi connectivity index (χ4v) is 1.36. The van der Waals surface area contributed by atoms with E-state index in [4.69, 9.17) is 0 Å². The predicted molar refractivity (Wildman–Crippen MR) is 54.4 cm³/mol. The van der Waals surface area contributed by atoms with Crippen molar-refractivity contribution in [3.63, 3.8) is 0 Å². The van der Waals surface area contributed by atoms with Gasteiger partial charge in [0.1, 0.15) is 5.76 Å². The largest absolute Gasteiger partial charge is 0.508 e. The Morgan fingerprint density at radius 3 is 2.62 bits per heavy atom. The second-order valence-corrected chi connectivity index (χ2v) is 3.63. The Hall–Kier alpha value is -1.24. The van der Waals surface area contributed by atoms with Crippen LogP contribution >= 0.6 is 0 Å². The normalized spacial score (nSPS) is 17.4. The summed E-state index contributed by atoms with van der Waals surface area (Å²) in [6.45, 7) is 0. The van der Waals surface area contributed by atoms with Crippen molar-refractivity contribution in [1.29, 1.82) is 0 Å². The van der Waals surface area contributed by atoms with Crippen LogP contribution in [-0.4, -0.2) is 5.11 Å². The maximum atomic E-state index is 9.66. The first kappa shape index (κ1) is 8.36. The van der Waals surface area contributed by atoms with Gasteiger partial charge in [0, 0.05) is 5.56 Å². The SMILES string of the molecule is O/C(=C\CC1CC1)c1ccccc1. The first-order valence-corrected chi connectivity index (χ1v) is 4.81. The average molecular weight is 174 g/mol. The van der Waals surface area contributed by atoms with Gasteiger partial charge < -0.3 is 5.11 Å². The van der Waals surface area contributed by atoms with Crippen LogP contribution in [0.4, 0.5) is 0 Å². The van der Waals surface area contributed by atoms with Crippen LogP contribution in [-0.2, 0) is 0 Å². The Labute approximate surface area is 78.7 Å². The van der Waals surface area contributed by atoms with Crippen LogP contribution in [0.5, 0.6) is 0 Å². The number of benzene rings is 1. The Balaban J connectivity index is 2.02. The van der Waals surface area contributed by atoms with Gasteiger partial charge in [-0.15, -0.1) is 0 Å². The highest BCUT2D eigenvalue weighted by molar-refractivity contribution is 5.57. The highest BCUT2D eigenvalue weighted by Gasteiger charge is 2.19. The Morgan fingerprint density at radius 2 is 2.00 bits per heavy atom. The Kier molecular flexibility index (Phi) is 2.35. The maximum Gasteiger partial charge on any atom is 0.118 e. The molecule has 0 atom stereocenters. The first-order chi connectivity index (χ1) is 6.36. The third-order valence-electron chi connectivity index (χ3n) is 2.41. The topological polar surface area (TPSA) is 20.2 Å². The van der Waals surface area contributed by atoms with Crippen molar-refractivity contribution in [2.24, 2.45) is 5.92 Å². The van der Waals surface area contributed by atoms with Crippen molar-refractivity contribution in [3.8, 4) is 0 Å². The van der Waals surface area contributed by atoms with Gasteiger partial charge in [0.05, 0.1) is 0 Å². The number of rotatable bonds is 3. The maximum absolute atomic E-state index is 9.66. The van der Waals surface area contributed by atoms with E-state index in [9.17, 15) is 5.11 Å². The fourth-order valence-electron chi connectivity index (χ4n) is 1.36. The van der Waals surface area contributed by atoms with Crippen LogP contribution in [0.3, 0.4) is 0 Å². The molecule has 2 rings (SSSR count). The van der Waals surface area contributed by atoms with E-state index in [1.165, 1.54) is 12.8 Å². The molecule has 1 aromatic carbocycles. The lowest BCUT2D eigenvalue weighted by Gasteiger charge is -1.98. The van der Waals surface area contributed by atoms with Crippen LogP contribution in [0.25, 0.3) is 5.76 Å². The molecular weight excluding hydrogens is 160 g/mol. The van der Waals surface area contributed by atoms with E-state index in [1.807, 2.05) is 36.4 Å². The standard InChI is InChI=1S/C12H14O/c13-12(9-8-10-6-7-10)11-4-2-1-3-5-11/h1-5,9-10,13H,6-8H2/b12-9-. The molecular formula is C12H14O. The molecule has 0 saturated heterocycles. The third-order valence-corrected chi connectivity index (χ3v) is 2.41. The van der Waals surface area contributed by atoms with Crippen molar-refractivity contribution in [2.45, 2.75) is 19.3 Å². The molecule has 68 valence electrons. The lowest BCUT2D eigenvalue weighted by molar-refractivity contribution is 0.508. The summed E-state index contributed by atoms with van der Waals surface area (Å²) in [5.74, 6) is 1.26. The van der Waals surface area contributed by atoms with Crippen LogP contribution in [0, 0.1) is 5.92 Å². The summed E-state index contributed by atoms with van der Waals surface area (Å²) < 4.78 is 0. The predicted octanol–water partition coefficient (Wildman–Crippen LogP) is 3.39. The minimum Gasteiger partial charge on any atom is -0.508 e. The van der Waals surface area contributed by atoms with Gasteiger partial charge in [0.2, 0.25) is 0 Å². The summed E-state index contributed by atoms with van der Waals surface area (Å²) >= 11 is 0. The number of hydrogen-bond donors (Lipinski definition) is 1. The summed E-state index contributed by atoms with van der Waals surface area (Å²) in [5.41, 5.74) is 0.920. The highest BCUT2D eigenvalue weighted by Crippen LogP contribution is 2.33. The molecule has 13 heavy (non-hydrogen) atoms. The molecule has 0 aromatic heterocycles. The smallest absolute Gasteiger partial charge is 0.118 e. The van der Waals surface area contributed by atoms with Crippen LogP contribution < -0.4 is 0 Å². The molecule has 0 bridgehead atoms. The fraction of sp³-hybridized carbons (Fsp3) is 0.333. The van der Waals surface area contributed by atoms with Gasteiger partial charge in [-0.25, -0.2) is 0 Å². The van der Waals surface area contributed by atoms with E-state index in [0.717, 1.165) is 17.9 Å². The van der Waals surface area contributed by atoms with E-state index >= 15 is 0 Å². The van der Waals surface area contributed by atoms with E-state index in [-0.39, 0.29) is 0 Å². The van der Waals surface area contributed by atoms with E-state index in [0.29, 0.717) is 5.76 Å². The summed E-state index contributed by atoms with van der Waals surface area (Å²) in [6, 6.07) is 9.70. The van der Waals surface area contributed by atoms with Crippen LogP contribution in [0.1, 0.15) is 24.8 Å². The van der Waals surface area contributed by atoms with Crippen molar-refractivity contribution in [1.82, 2.24) is 0 Å².